The Morgan fingerprint density at radius 3 is 2.58 bits per heavy atom. The molecule has 0 spiro atoms. The Balaban J connectivity index is 2.29. The number of nitrogens with one attached hydrogen (secondary N) is 1. The summed E-state index contributed by atoms with van der Waals surface area (Å²) in [7, 11) is -3.53. The quantitative estimate of drug-likeness (QED) is 0.781. The van der Waals surface area contributed by atoms with E-state index in [9.17, 15) is 8.42 Å². The van der Waals surface area contributed by atoms with Crippen LogP contribution in [0.4, 0.5) is 0 Å². The normalized spacial score (nSPS) is 11.8. The van der Waals surface area contributed by atoms with Crippen molar-refractivity contribution < 1.29 is 8.42 Å². The molecule has 1 N–H and O–H groups in total. The Kier molecular flexibility index (Phi) is 2.91. The van der Waals surface area contributed by atoms with E-state index < -0.39 is 9.84 Å². The van der Waals surface area contributed by atoms with Crippen molar-refractivity contribution in [3.05, 3.63) is 53.4 Å². The zero-order valence-electron chi connectivity index (χ0n) is 9.67. The first-order chi connectivity index (χ1) is 9.10. The molecule has 0 aliphatic carbocycles. The summed E-state index contributed by atoms with van der Waals surface area (Å²) in [6.45, 7) is 0. The third-order valence-electron chi connectivity index (χ3n) is 2.86. The Morgan fingerprint density at radius 1 is 1.11 bits per heavy atom. The Bertz CT molecular complexity index is 841. The highest BCUT2D eigenvalue weighted by molar-refractivity contribution is 9.10. The predicted octanol–water partition coefficient (Wildman–Crippen LogP) is 3.16. The molecular formula is C13H9BrN2O2S. The summed E-state index contributed by atoms with van der Waals surface area (Å²) in [5, 5.41) is 0.582. The van der Waals surface area contributed by atoms with Gasteiger partial charge in [-0.2, -0.15) is 0 Å². The maximum Gasteiger partial charge on any atom is 0.208 e. The number of aromatic nitrogens is 2. The number of sulfone groups is 1. The lowest BCUT2D eigenvalue weighted by molar-refractivity contribution is 0.597. The molecule has 0 bridgehead atoms. The van der Waals surface area contributed by atoms with E-state index in [4.69, 9.17) is 0 Å². The molecule has 3 rings (SSSR count). The van der Waals surface area contributed by atoms with Crippen molar-refractivity contribution in [1.82, 2.24) is 9.97 Å². The minimum absolute atomic E-state index is 0.238. The van der Waals surface area contributed by atoms with Gasteiger partial charge in [0.2, 0.25) is 9.84 Å². The Morgan fingerprint density at radius 2 is 1.84 bits per heavy atom. The molecule has 0 atom stereocenters. The number of fused-ring (bicyclic) bond motifs is 1. The van der Waals surface area contributed by atoms with Crippen LogP contribution in [0.25, 0.3) is 10.9 Å². The molecule has 0 fully saturated rings. The van der Waals surface area contributed by atoms with Crippen molar-refractivity contribution in [3.63, 3.8) is 0 Å². The van der Waals surface area contributed by atoms with Gasteiger partial charge in [-0.15, -0.1) is 0 Å². The molecule has 2 aromatic heterocycles. The fourth-order valence-electron chi connectivity index (χ4n) is 1.93. The molecular weight excluding hydrogens is 328 g/mol. The van der Waals surface area contributed by atoms with Gasteiger partial charge in [0, 0.05) is 24.0 Å². The Hall–Kier alpha value is -1.66. The molecule has 96 valence electrons. The molecule has 0 saturated carbocycles. The number of pyridine rings is 1. The van der Waals surface area contributed by atoms with E-state index >= 15 is 0 Å². The van der Waals surface area contributed by atoms with Gasteiger partial charge < -0.3 is 4.98 Å². The minimum atomic E-state index is -3.53. The van der Waals surface area contributed by atoms with E-state index in [2.05, 4.69) is 25.9 Å². The first kappa shape index (κ1) is 12.4. The van der Waals surface area contributed by atoms with Crippen molar-refractivity contribution in [2.45, 2.75) is 9.79 Å². The van der Waals surface area contributed by atoms with Gasteiger partial charge in [0.1, 0.15) is 0 Å². The molecule has 0 radical (unpaired) electrons. The number of aromatic amines is 1. The van der Waals surface area contributed by atoms with Crippen LogP contribution in [0.1, 0.15) is 0 Å². The van der Waals surface area contributed by atoms with Crippen molar-refractivity contribution in [2.24, 2.45) is 0 Å². The number of H-pyrrole nitrogens is 1. The van der Waals surface area contributed by atoms with Crippen LogP contribution in [0.15, 0.2) is 63.2 Å². The lowest BCUT2D eigenvalue weighted by Gasteiger charge is -2.02. The zero-order valence-corrected chi connectivity index (χ0v) is 12.1. The average Bonchev–Trinajstić information content (AvgIpc) is 2.86. The van der Waals surface area contributed by atoms with Crippen LogP contribution in [0, 0.1) is 0 Å². The fraction of sp³-hybridized carbons (Fsp3) is 0. The number of hydrogen-bond donors (Lipinski definition) is 1. The minimum Gasteiger partial charge on any atom is -0.359 e. The van der Waals surface area contributed by atoms with Crippen molar-refractivity contribution in [1.29, 1.82) is 0 Å². The summed E-state index contributed by atoms with van der Waals surface area (Å²) < 4.78 is 25.8. The molecule has 0 aliphatic heterocycles. The fourth-order valence-corrected chi connectivity index (χ4v) is 3.81. The highest BCUT2D eigenvalue weighted by Crippen LogP contribution is 2.30. The third kappa shape index (κ3) is 1.97. The molecule has 0 unspecified atom stereocenters. The number of rotatable bonds is 2. The average molecular weight is 337 g/mol. The van der Waals surface area contributed by atoms with Gasteiger partial charge in [0.25, 0.3) is 0 Å². The van der Waals surface area contributed by atoms with Crippen LogP contribution >= 0.6 is 15.9 Å². The van der Waals surface area contributed by atoms with Crippen molar-refractivity contribution >= 4 is 36.7 Å². The largest absolute Gasteiger partial charge is 0.359 e. The highest BCUT2D eigenvalue weighted by Gasteiger charge is 2.22. The second-order valence-electron chi connectivity index (χ2n) is 4.01. The molecule has 3 aromatic rings. The Labute approximate surface area is 118 Å². The van der Waals surface area contributed by atoms with Crippen LogP contribution in [-0.2, 0) is 9.84 Å². The number of nitrogens with zero attached hydrogens (tertiary/aromatic N) is 1. The number of hydrogen-bond acceptors (Lipinski definition) is 3. The second kappa shape index (κ2) is 4.47. The number of halogens is 1. The molecule has 0 saturated heterocycles. The molecule has 6 heteroatoms. The van der Waals surface area contributed by atoms with Crippen LogP contribution in [0.3, 0.4) is 0 Å². The van der Waals surface area contributed by atoms with E-state index in [1.54, 1.807) is 42.7 Å². The van der Waals surface area contributed by atoms with Crippen molar-refractivity contribution in [3.8, 4) is 0 Å². The number of benzene rings is 1. The standard InChI is InChI=1S/C13H9BrN2O2S/c14-11-7-15-6-10-12(8-16-13(10)11)19(17,18)9-4-2-1-3-5-9/h1-8,16H. The first-order valence-electron chi connectivity index (χ1n) is 5.51. The molecule has 19 heavy (non-hydrogen) atoms. The summed E-state index contributed by atoms with van der Waals surface area (Å²) in [4.78, 5) is 7.50. The molecule has 2 heterocycles. The molecule has 0 amide bonds. The van der Waals surface area contributed by atoms with Crippen LogP contribution < -0.4 is 0 Å². The van der Waals surface area contributed by atoms with Crippen LogP contribution in [-0.4, -0.2) is 18.4 Å². The van der Waals surface area contributed by atoms with Crippen LogP contribution in [0.5, 0.6) is 0 Å². The van der Waals surface area contributed by atoms with Gasteiger partial charge in [0.05, 0.1) is 19.8 Å². The maximum absolute atomic E-state index is 12.6. The molecule has 1 aromatic carbocycles. The third-order valence-corrected chi connectivity index (χ3v) is 5.27. The lowest BCUT2D eigenvalue weighted by atomic mass is 10.3. The topological polar surface area (TPSA) is 62.8 Å². The maximum atomic E-state index is 12.6. The zero-order chi connectivity index (χ0) is 13.5. The van der Waals surface area contributed by atoms with Gasteiger partial charge >= 0.3 is 0 Å². The van der Waals surface area contributed by atoms with Gasteiger partial charge in [0.15, 0.2) is 0 Å². The van der Waals surface area contributed by atoms with Crippen LogP contribution in [0.2, 0.25) is 0 Å². The second-order valence-corrected chi connectivity index (χ2v) is 6.79. The van der Waals surface area contributed by atoms with E-state index in [-0.39, 0.29) is 9.79 Å². The van der Waals surface area contributed by atoms with E-state index in [0.29, 0.717) is 5.39 Å². The van der Waals surface area contributed by atoms with Gasteiger partial charge in [-0.05, 0) is 28.1 Å². The first-order valence-corrected chi connectivity index (χ1v) is 7.79. The smallest absolute Gasteiger partial charge is 0.208 e. The molecule has 0 aliphatic rings. The van der Waals surface area contributed by atoms with Crippen molar-refractivity contribution in [2.75, 3.05) is 0 Å². The van der Waals surface area contributed by atoms with Gasteiger partial charge in [-0.3, -0.25) is 4.98 Å². The van der Waals surface area contributed by atoms with Gasteiger partial charge in [-0.1, -0.05) is 18.2 Å². The summed E-state index contributed by atoms with van der Waals surface area (Å²) in [5.41, 5.74) is 0.726. The van der Waals surface area contributed by atoms with E-state index in [1.807, 2.05) is 0 Å². The van der Waals surface area contributed by atoms with E-state index in [1.165, 1.54) is 6.20 Å². The predicted molar refractivity (Wildman–Crippen MR) is 75.7 cm³/mol. The summed E-state index contributed by atoms with van der Waals surface area (Å²) in [6.07, 6.45) is 4.67. The SMILES string of the molecule is O=S(=O)(c1ccccc1)c1c[nH]c2c(Br)cncc12. The van der Waals surface area contributed by atoms with E-state index in [0.717, 1.165) is 9.99 Å². The van der Waals surface area contributed by atoms with Gasteiger partial charge in [-0.25, -0.2) is 8.42 Å². The monoisotopic (exact) mass is 336 g/mol. The highest BCUT2D eigenvalue weighted by atomic mass is 79.9. The summed E-state index contributed by atoms with van der Waals surface area (Å²) in [5.74, 6) is 0. The molecule has 4 nitrogen and oxygen atoms in total. The summed E-state index contributed by atoms with van der Waals surface area (Å²) in [6, 6.07) is 8.36. The summed E-state index contributed by atoms with van der Waals surface area (Å²) >= 11 is 3.34. The lowest BCUT2D eigenvalue weighted by Crippen LogP contribution is -2.00.